The van der Waals surface area contributed by atoms with Gasteiger partial charge in [0.2, 0.25) is 0 Å². The predicted octanol–water partition coefficient (Wildman–Crippen LogP) is 4.97. The van der Waals surface area contributed by atoms with Crippen LogP contribution in [0.5, 0.6) is 11.5 Å². The topological polar surface area (TPSA) is 47.6 Å². The van der Waals surface area contributed by atoms with Crippen LogP contribution in [-0.2, 0) is 4.79 Å². The maximum absolute atomic E-state index is 12.9. The molecule has 2 aromatic carbocycles. The Morgan fingerprint density at radius 1 is 1.04 bits per heavy atom. The van der Waals surface area contributed by atoms with E-state index in [1.54, 1.807) is 26.0 Å². The van der Waals surface area contributed by atoms with Crippen LogP contribution >= 0.6 is 11.8 Å². The molecular formula is C21H21NO3S. The van der Waals surface area contributed by atoms with Gasteiger partial charge >= 0.3 is 0 Å². The average Bonchev–Trinajstić information content (AvgIpc) is 2.84. The summed E-state index contributed by atoms with van der Waals surface area (Å²) < 4.78 is 11.2. The van der Waals surface area contributed by atoms with Gasteiger partial charge in [0, 0.05) is 28.1 Å². The minimum Gasteiger partial charge on any atom is -0.493 e. The number of anilines is 1. The molecule has 4 rings (SSSR count). The second-order valence-electron chi connectivity index (χ2n) is 6.37. The standard InChI is InChI=1S/C21H21NO3S/c1-24-17-11-5-7-13(20(17)25-2)21-19-15(9-6-10-16(19)23)22-14-8-3-4-12-18(14)26-21/h3-5,7-8,11-12,21-22H,6,9-10H2,1-2H3. The molecule has 0 saturated carbocycles. The molecule has 1 aliphatic heterocycles. The number of hydrogen-bond donors (Lipinski definition) is 1. The van der Waals surface area contributed by atoms with E-state index in [4.69, 9.17) is 9.47 Å². The van der Waals surface area contributed by atoms with Crippen molar-refractivity contribution in [2.45, 2.75) is 29.4 Å². The van der Waals surface area contributed by atoms with Crippen molar-refractivity contribution in [3.8, 4) is 11.5 Å². The van der Waals surface area contributed by atoms with Crippen molar-refractivity contribution in [2.24, 2.45) is 0 Å². The Morgan fingerprint density at radius 2 is 1.88 bits per heavy atom. The minimum absolute atomic E-state index is 0.126. The fraction of sp³-hybridized carbons (Fsp3) is 0.286. The molecule has 1 unspecified atom stereocenters. The Hall–Kier alpha value is -2.40. The molecule has 4 nitrogen and oxygen atoms in total. The number of carbonyl (C=O) groups is 1. The lowest BCUT2D eigenvalue weighted by molar-refractivity contribution is -0.116. The highest BCUT2D eigenvalue weighted by Gasteiger charge is 2.34. The van der Waals surface area contributed by atoms with E-state index in [-0.39, 0.29) is 11.0 Å². The van der Waals surface area contributed by atoms with Gasteiger partial charge in [-0.1, -0.05) is 24.3 Å². The van der Waals surface area contributed by atoms with Crippen molar-refractivity contribution in [3.63, 3.8) is 0 Å². The number of thioether (sulfide) groups is 1. The maximum Gasteiger partial charge on any atom is 0.165 e. The molecule has 0 amide bonds. The van der Waals surface area contributed by atoms with Gasteiger partial charge in [-0.15, -0.1) is 11.8 Å². The molecule has 0 radical (unpaired) electrons. The van der Waals surface area contributed by atoms with Crippen LogP contribution in [0.25, 0.3) is 0 Å². The first-order valence-corrected chi connectivity index (χ1v) is 9.60. The molecule has 0 bridgehead atoms. The zero-order valence-electron chi connectivity index (χ0n) is 14.9. The Bertz CT molecular complexity index is 891. The Labute approximate surface area is 157 Å². The summed E-state index contributed by atoms with van der Waals surface area (Å²) in [4.78, 5) is 14.0. The monoisotopic (exact) mass is 367 g/mol. The number of carbonyl (C=O) groups excluding carboxylic acids is 1. The smallest absolute Gasteiger partial charge is 0.165 e. The highest BCUT2D eigenvalue weighted by molar-refractivity contribution is 8.00. The average molecular weight is 367 g/mol. The van der Waals surface area contributed by atoms with E-state index in [9.17, 15) is 4.79 Å². The van der Waals surface area contributed by atoms with Crippen LogP contribution in [0.3, 0.4) is 0 Å². The zero-order valence-corrected chi connectivity index (χ0v) is 15.7. The van der Waals surface area contributed by atoms with Crippen molar-refractivity contribution in [3.05, 3.63) is 59.3 Å². The van der Waals surface area contributed by atoms with Crippen molar-refractivity contribution in [2.75, 3.05) is 19.5 Å². The van der Waals surface area contributed by atoms with Gasteiger partial charge in [0.25, 0.3) is 0 Å². The third-order valence-corrected chi connectivity index (χ3v) is 6.19. The minimum atomic E-state index is -0.126. The quantitative estimate of drug-likeness (QED) is 0.830. The molecule has 134 valence electrons. The Balaban J connectivity index is 1.92. The third kappa shape index (κ3) is 2.86. The first-order valence-electron chi connectivity index (χ1n) is 8.72. The van der Waals surface area contributed by atoms with Gasteiger partial charge in [-0.2, -0.15) is 0 Å². The number of methoxy groups -OCH3 is 2. The molecule has 2 aromatic rings. The Kier molecular flexibility index (Phi) is 4.64. The number of para-hydroxylation sites is 2. The van der Waals surface area contributed by atoms with E-state index in [0.29, 0.717) is 17.9 Å². The number of rotatable bonds is 3. The first-order chi connectivity index (χ1) is 12.7. The van der Waals surface area contributed by atoms with Crippen molar-refractivity contribution in [1.82, 2.24) is 0 Å². The van der Waals surface area contributed by atoms with E-state index in [1.807, 2.05) is 30.3 Å². The number of allylic oxidation sites excluding steroid dienone is 1. The molecule has 1 aliphatic carbocycles. The summed E-state index contributed by atoms with van der Waals surface area (Å²) in [7, 11) is 3.28. The maximum atomic E-state index is 12.9. The molecule has 2 aliphatic rings. The molecule has 1 N–H and O–H groups in total. The zero-order chi connectivity index (χ0) is 18.1. The molecule has 0 spiro atoms. The van der Waals surface area contributed by atoms with E-state index < -0.39 is 0 Å². The van der Waals surface area contributed by atoms with Crippen molar-refractivity contribution < 1.29 is 14.3 Å². The van der Waals surface area contributed by atoms with Crippen LogP contribution in [0.1, 0.15) is 30.1 Å². The highest BCUT2D eigenvalue weighted by Crippen LogP contribution is 2.52. The van der Waals surface area contributed by atoms with E-state index in [1.165, 1.54) is 0 Å². The van der Waals surface area contributed by atoms with E-state index >= 15 is 0 Å². The second-order valence-corrected chi connectivity index (χ2v) is 7.52. The molecule has 1 atom stereocenters. The van der Waals surface area contributed by atoms with Gasteiger partial charge in [-0.25, -0.2) is 0 Å². The lowest BCUT2D eigenvalue weighted by Gasteiger charge is -2.25. The predicted molar refractivity (Wildman–Crippen MR) is 104 cm³/mol. The third-order valence-electron chi connectivity index (χ3n) is 4.85. The number of benzene rings is 2. The van der Waals surface area contributed by atoms with Gasteiger partial charge in [0.1, 0.15) is 0 Å². The van der Waals surface area contributed by atoms with Gasteiger partial charge in [0.05, 0.1) is 25.2 Å². The van der Waals surface area contributed by atoms with Gasteiger partial charge in [0.15, 0.2) is 17.3 Å². The second kappa shape index (κ2) is 7.08. The summed E-state index contributed by atoms with van der Waals surface area (Å²) in [5.74, 6) is 1.59. The fourth-order valence-corrected chi connectivity index (χ4v) is 5.02. The summed E-state index contributed by atoms with van der Waals surface area (Å²) in [6.07, 6.45) is 2.37. The first kappa shape index (κ1) is 17.0. The fourth-order valence-electron chi connectivity index (χ4n) is 3.66. The number of hydrogen-bond acceptors (Lipinski definition) is 5. The summed E-state index contributed by atoms with van der Waals surface area (Å²) in [5, 5.41) is 3.40. The van der Waals surface area contributed by atoms with Crippen LogP contribution in [0.15, 0.2) is 58.6 Å². The van der Waals surface area contributed by atoms with Crippen molar-refractivity contribution >= 4 is 23.2 Å². The number of ketones is 1. The van der Waals surface area contributed by atoms with Crippen molar-refractivity contribution in [1.29, 1.82) is 0 Å². The van der Waals surface area contributed by atoms with E-state index in [0.717, 1.165) is 40.3 Å². The summed E-state index contributed by atoms with van der Waals surface area (Å²) in [5.41, 5.74) is 3.93. The SMILES string of the molecule is COc1cccc(C2Sc3ccccc3NC3=C2C(=O)CCC3)c1OC. The van der Waals surface area contributed by atoms with Gasteiger partial charge < -0.3 is 14.8 Å². The Morgan fingerprint density at radius 3 is 2.69 bits per heavy atom. The molecule has 26 heavy (non-hydrogen) atoms. The van der Waals surface area contributed by atoms with Crippen LogP contribution in [0.2, 0.25) is 0 Å². The summed E-state index contributed by atoms with van der Waals surface area (Å²) in [6, 6.07) is 14.1. The van der Waals surface area contributed by atoms with E-state index in [2.05, 4.69) is 17.4 Å². The summed E-state index contributed by atoms with van der Waals surface area (Å²) >= 11 is 1.69. The van der Waals surface area contributed by atoms with Crippen LogP contribution in [-0.4, -0.2) is 20.0 Å². The normalized spacial score (nSPS) is 19.2. The van der Waals surface area contributed by atoms with Crippen LogP contribution in [0.4, 0.5) is 5.69 Å². The molecule has 5 heteroatoms. The summed E-state index contributed by atoms with van der Waals surface area (Å²) in [6.45, 7) is 0. The molecule has 0 aromatic heterocycles. The van der Waals surface area contributed by atoms with Crippen LogP contribution in [0, 0.1) is 0 Å². The molecular weight excluding hydrogens is 346 g/mol. The number of Topliss-reactive ketones (excluding diaryl/α,β-unsaturated/α-hetero) is 1. The largest absolute Gasteiger partial charge is 0.493 e. The van der Waals surface area contributed by atoms with Crippen LogP contribution < -0.4 is 14.8 Å². The number of ether oxygens (including phenoxy) is 2. The lowest BCUT2D eigenvalue weighted by Crippen LogP contribution is -2.19. The lowest BCUT2D eigenvalue weighted by atomic mass is 9.89. The van der Waals surface area contributed by atoms with Gasteiger partial charge in [-0.3, -0.25) is 4.79 Å². The molecule has 0 saturated heterocycles. The number of fused-ring (bicyclic) bond motifs is 1. The molecule has 0 fully saturated rings. The van der Waals surface area contributed by atoms with Gasteiger partial charge in [-0.05, 0) is 31.0 Å². The molecule has 1 heterocycles. The highest BCUT2D eigenvalue weighted by atomic mass is 32.2. The number of nitrogens with one attached hydrogen (secondary N) is 1.